The number of phenols is 1. The van der Waals surface area contributed by atoms with Crippen molar-refractivity contribution in [1.82, 2.24) is 5.32 Å². The Labute approximate surface area is 159 Å². The summed E-state index contributed by atoms with van der Waals surface area (Å²) in [5, 5.41) is 25.6. The Hall–Kier alpha value is -2.56. The number of hydrogen-bond donors (Lipinski definition) is 3. The third-order valence-corrected chi connectivity index (χ3v) is 5.24. The third-order valence-electron chi connectivity index (χ3n) is 5.24. The van der Waals surface area contributed by atoms with Crippen molar-refractivity contribution in [2.45, 2.75) is 31.4 Å². The second kappa shape index (κ2) is 7.99. The molecule has 4 rings (SSSR count). The van der Waals surface area contributed by atoms with Gasteiger partial charge < -0.3 is 20.3 Å². The highest BCUT2D eigenvalue weighted by Crippen LogP contribution is 2.26. The maximum absolute atomic E-state index is 10.3. The van der Waals surface area contributed by atoms with Crippen LogP contribution in [0.25, 0.3) is 10.8 Å². The molecule has 3 N–H and O–H groups in total. The largest absolute Gasteiger partial charge is 0.508 e. The van der Waals surface area contributed by atoms with E-state index in [4.69, 9.17) is 4.74 Å². The predicted octanol–water partition coefficient (Wildman–Crippen LogP) is 3.43. The van der Waals surface area contributed by atoms with Crippen molar-refractivity contribution < 1.29 is 14.9 Å². The molecule has 2 unspecified atom stereocenters. The molecule has 2 atom stereocenters. The third kappa shape index (κ3) is 4.24. The second-order valence-electron chi connectivity index (χ2n) is 7.24. The van der Waals surface area contributed by atoms with E-state index in [9.17, 15) is 10.2 Å². The first-order chi connectivity index (χ1) is 13.2. The number of aliphatic hydroxyl groups is 1. The van der Waals surface area contributed by atoms with Crippen molar-refractivity contribution in [3.8, 4) is 11.5 Å². The molecule has 1 aliphatic carbocycles. The molecule has 0 saturated heterocycles. The predicted molar refractivity (Wildman–Crippen MR) is 107 cm³/mol. The van der Waals surface area contributed by atoms with Crippen LogP contribution in [0.1, 0.15) is 17.5 Å². The van der Waals surface area contributed by atoms with Crippen LogP contribution in [0.3, 0.4) is 0 Å². The molecule has 0 bridgehead atoms. The number of fused-ring (bicyclic) bond motifs is 2. The minimum absolute atomic E-state index is 0.262. The Morgan fingerprint density at radius 1 is 1.04 bits per heavy atom. The normalized spacial score (nSPS) is 17.4. The average molecular weight is 363 g/mol. The van der Waals surface area contributed by atoms with Crippen LogP contribution in [0, 0.1) is 0 Å². The van der Waals surface area contributed by atoms with Crippen LogP contribution in [0.4, 0.5) is 0 Å². The summed E-state index contributed by atoms with van der Waals surface area (Å²) >= 11 is 0. The van der Waals surface area contributed by atoms with Crippen molar-refractivity contribution in [3.63, 3.8) is 0 Å². The molecule has 0 heterocycles. The Bertz CT molecular complexity index is 919. The number of phenolic OH excluding ortho intramolecular Hbond substituents is 1. The zero-order valence-electron chi connectivity index (χ0n) is 15.3. The lowest BCUT2D eigenvalue weighted by atomic mass is 9.88. The number of ether oxygens (including phenoxy) is 1. The summed E-state index contributed by atoms with van der Waals surface area (Å²) in [6.07, 6.45) is 2.31. The van der Waals surface area contributed by atoms with Gasteiger partial charge in [0.1, 0.15) is 24.2 Å². The minimum atomic E-state index is -0.565. The van der Waals surface area contributed by atoms with E-state index < -0.39 is 6.10 Å². The van der Waals surface area contributed by atoms with Gasteiger partial charge in [0.25, 0.3) is 0 Å². The summed E-state index contributed by atoms with van der Waals surface area (Å²) in [6, 6.07) is 20.0. The number of aryl methyl sites for hydroxylation is 1. The molecule has 0 aliphatic heterocycles. The SMILES string of the molecule is Oc1ccc2c(c1)CCC(NCC(O)COc1cccc3ccccc13)C2. The van der Waals surface area contributed by atoms with Crippen LogP contribution >= 0.6 is 0 Å². The Morgan fingerprint density at radius 2 is 1.89 bits per heavy atom. The standard InChI is InChI=1S/C23H25NO3/c25-20-11-9-17-12-19(10-8-18(17)13-20)24-14-21(26)15-27-23-7-3-5-16-4-1-2-6-22(16)23/h1-7,9,11,13,19,21,24-26H,8,10,12,14-15H2. The van der Waals surface area contributed by atoms with Gasteiger partial charge in [-0.2, -0.15) is 0 Å². The lowest BCUT2D eigenvalue weighted by Gasteiger charge is -2.26. The molecule has 3 aromatic rings. The number of aromatic hydroxyl groups is 1. The van der Waals surface area contributed by atoms with E-state index in [2.05, 4.69) is 17.4 Å². The molecule has 140 valence electrons. The van der Waals surface area contributed by atoms with E-state index in [0.717, 1.165) is 35.8 Å². The van der Waals surface area contributed by atoms with Crippen LogP contribution < -0.4 is 10.1 Å². The Morgan fingerprint density at radius 3 is 2.81 bits per heavy atom. The maximum atomic E-state index is 10.3. The molecule has 0 spiro atoms. The van der Waals surface area contributed by atoms with E-state index in [0.29, 0.717) is 18.3 Å². The summed E-state index contributed by atoms with van der Waals surface area (Å²) in [6.45, 7) is 0.765. The topological polar surface area (TPSA) is 61.7 Å². The fourth-order valence-electron chi connectivity index (χ4n) is 3.78. The lowest BCUT2D eigenvalue weighted by molar-refractivity contribution is 0.104. The van der Waals surface area contributed by atoms with Gasteiger partial charge in [-0.1, -0.05) is 42.5 Å². The van der Waals surface area contributed by atoms with Crippen molar-refractivity contribution in [3.05, 3.63) is 71.8 Å². The minimum Gasteiger partial charge on any atom is -0.508 e. The van der Waals surface area contributed by atoms with E-state index in [1.807, 2.05) is 42.5 Å². The fourth-order valence-corrected chi connectivity index (χ4v) is 3.78. The number of nitrogens with one attached hydrogen (secondary N) is 1. The number of aliphatic hydroxyl groups excluding tert-OH is 1. The first-order valence-corrected chi connectivity index (χ1v) is 9.52. The Balaban J connectivity index is 1.29. The lowest BCUT2D eigenvalue weighted by Crippen LogP contribution is -2.40. The molecule has 0 fully saturated rings. The van der Waals surface area contributed by atoms with Crippen LogP contribution in [-0.2, 0) is 12.8 Å². The second-order valence-corrected chi connectivity index (χ2v) is 7.24. The van der Waals surface area contributed by atoms with Crippen molar-refractivity contribution in [1.29, 1.82) is 0 Å². The number of benzene rings is 3. The average Bonchev–Trinajstić information content (AvgIpc) is 2.70. The monoisotopic (exact) mass is 363 g/mol. The molecular formula is C23H25NO3. The van der Waals surface area contributed by atoms with Gasteiger partial charge in [-0.3, -0.25) is 0 Å². The zero-order valence-corrected chi connectivity index (χ0v) is 15.3. The Kier molecular flexibility index (Phi) is 5.28. The van der Waals surface area contributed by atoms with Crippen molar-refractivity contribution >= 4 is 10.8 Å². The van der Waals surface area contributed by atoms with Crippen LogP contribution in [0.5, 0.6) is 11.5 Å². The van der Waals surface area contributed by atoms with E-state index in [-0.39, 0.29) is 6.61 Å². The van der Waals surface area contributed by atoms with E-state index in [1.54, 1.807) is 6.07 Å². The summed E-state index contributed by atoms with van der Waals surface area (Å²) in [4.78, 5) is 0. The van der Waals surface area contributed by atoms with Gasteiger partial charge in [0.2, 0.25) is 0 Å². The van der Waals surface area contributed by atoms with E-state index >= 15 is 0 Å². The molecule has 3 aromatic carbocycles. The molecule has 4 heteroatoms. The fraction of sp³-hybridized carbons (Fsp3) is 0.304. The van der Waals surface area contributed by atoms with Crippen molar-refractivity contribution in [2.75, 3.05) is 13.2 Å². The zero-order chi connectivity index (χ0) is 18.6. The molecule has 27 heavy (non-hydrogen) atoms. The summed E-state index contributed by atoms with van der Waals surface area (Å²) in [7, 11) is 0. The quantitative estimate of drug-likeness (QED) is 0.628. The number of rotatable bonds is 6. The molecule has 0 saturated carbocycles. The molecule has 0 radical (unpaired) electrons. The summed E-state index contributed by atoms with van der Waals surface area (Å²) < 4.78 is 5.87. The molecular weight excluding hydrogens is 338 g/mol. The van der Waals surface area contributed by atoms with E-state index in [1.165, 1.54) is 11.1 Å². The first-order valence-electron chi connectivity index (χ1n) is 9.52. The highest BCUT2D eigenvalue weighted by Gasteiger charge is 2.19. The van der Waals surface area contributed by atoms with Gasteiger partial charge in [-0.25, -0.2) is 0 Å². The summed E-state index contributed by atoms with van der Waals surface area (Å²) in [5.74, 6) is 1.14. The van der Waals surface area contributed by atoms with Crippen LogP contribution in [-0.4, -0.2) is 35.5 Å². The van der Waals surface area contributed by atoms with Gasteiger partial charge in [-0.05, 0) is 54.0 Å². The van der Waals surface area contributed by atoms with Gasteiger partial charge >= 0.3 is 0 Å². The smallest absolute Gasteiger partial charge is 0.127 e. The molecule has 0 aromatic heterocycles. The molecule has 4 nitrogen and oxygen atoms in total. The highest BCUT2D eigenvalue weighted by molar-refractivity contribution is 5.88. The highest BCUT2D eigenvalue weighted by atomic mass is 16.5. The molecule has 1 aliphatic rings. The van der Waals surface area contributed by atoms with Crippen LogP contribution in [0.2, 0.25) is 0 Å². The van der Waals surface area contributed by atoms with Gasteiger partial charge in [0, 0.05) is 18.0 Å². The van der Waals surface area contributed by atoms with Crippen LogP contribution in [0.15, 0.2) is 60.7 Å². The van der Waals surface area contributed by atoms with Gasteiger partial charge in [-0.15, -0.1) is 0 Å². The molecule has 0 amide bonds. The summed E-state index contributed by atoms with van der Waals surface area (Å²) in [5.41, 5.74) is 2.51. The van der Waals surface area contributed by atoms with Gasteiger partial charge in [0.05, 0.1) is 0 Å². The maximum Gasteiger partial charge on any atom is 0.127 e. The van der Waals surface area contributed by atoms with Crippen molar-refractivity contribution in [2.24, 2.45) is 0 Å². The van der Waals surface area contributed by atoms with Gasteiger partial charge in [0.15, 0.2) is 0 Å². The first kappa shape index (κ1) is 17.8. The number of hydrogen-bond acceptors (Lipinski definition) is 4.